The maximum absolute atomic E-state index is 11.7. The number of ether oxygens (including phenoxy) is 1. The van der Waals surface area contributed by atoms with E-state index in [2.05, 4.69) is 72.8 Å². The van der Waals surface area contributed by atoms with Crippen molar-refractivity contribution in [1.29, 1.82) is 0 Å². The van der Waals surface area contributed by atoms with Crippen molar-refractivity contribution in [3.63, 3.8) is 0 Å². The van der Waals surface area contributed by atoms with Crippen LogP contribution in [0.1, 0.15) is 16.7 Å². The van der Waals surface area contributed by atoms with Gasteiger partial charge in [-0.25, -0.2) is 4.79 Å². The van der Waals surface area contributed by atoms with Crippen molar-refractivity contribution in [2.75, 3.05) is 12.4 Å². The van der Waals surface area contributed by atoms with E-state index in [4.69, 9.17) is 10.5 Å². The lowest BCUT2D eigenvalue weighted by Crippen LogP contribution is -2.26. The van der Waals surface area contributed by atoms with Crippen molar-refractivity contribution in [2.45, 2.75) is 4.75 Å². The van der Waals surface area contributed by atoms with Crippen LogP contribution in [0.4, 0.5) is 0 Å². The fraction of sp³-hybridized carbons (Fsp3) is 0.125. The van der Waals surface area contributed by atoms with E-state index in [1.807, 2.05) is 18.2 Å². The first-order valence-corrected chi connectivity index (χ1v) is 10.2. The van der Waals surface area contributed by atoms with Gasteiger partial charge in [-0.3, -0.25) is 0 Å². The zero-order chi connectivity index (χ0) is 19.4. The number of cyclic esters (lactones) is 1. The third-order valence-electron chi connectivity index (χ3n) is 4.98. The molecule has 0 aliphatic carbocycles. The van der Waals surface area contributed by atoms with Crippen LogP contribution < -0.4 is 5.73 Å². The normalized spacial score (nSPS) is 14.2. The van der Waals surface area contributed by atoms with Gasteiger partial charge in [0.2, 0.25) is 0 Å². The summed E-state index contributed by atoms with van der Waals surface area (Å²) in [6, 6.07) is 31.4. The number of hydrogen-bond acceptors (Lipinski definition) is 4. The van der Waals surface area contributed by atoms with E-state index in [9.17, 15) is 4.79 Å². The van der Waals surface area contributed by atoms with Crippen molar-refractivity contribution in [3.8, 4) is 0 Å². The van der Waals surface area contributed by atoms with Crippen molar-refractivity contribution >= 4 is 17.7 Å². The summed E-state index contributed by atoms with van der Waals surface area (Å²) < 4.78 is 4.68. The van der Waals surface area contributed by atoms with Gasteiger partial charge in [-0.2, -0.15) is 0 Å². The standard InChI is InChI=1S/C24H21NO2S/c25-22-18(16-27-23(22)26)17-28-24(19-10-4-1-5-11-19,20-12-6-2-7-13-20)21-14-8-3-9-15-21/h1-15H,16-17,25H2. The Hall–Kier alpha value is -2.98. The zero-order valence-electron chi connectivity index (χ0n) is 15.4. The lowest BCUT2D eigenvalue weighted by molar-refractivity contribution is -0.136. The van der Waals surface area contributed by atoms with E-state index in [1.165, 1.54) is 16.7 Å². The van der Waals surface area contributed by atoms with Crippen LogP contribution in [0, 0.1) is 0 Å². The second kappa shape index (κ2) is 7.95. The predicted octanol–water partition coefficient (Wildman–Crippen LogP) is 4.48. The number of thioether (sulfide) groups is 1. The van der Waals surface area contributed by atoms with E-state index in [0.29, 0.717) is 5.75 Å². The quantitative estimate of drug-likeness (QED) is 0.500. The van der Waals surface area contributed by atoms with Crippen LogP contribution >= 0.6 is 11.8 Å². The largest absolute Gasteiger partial charge is 0.456 e. The Labute approximate surface area is 169 Å². The van der Waals surface area contributed by atoms with E-state index in [0.717, 1.165) is 5.57 Å². The highest BCUT2D eigenvalue weighted by atomic mass is 32.2. The van der Waals surface area contributed by atoms with Gasteiger partial charge < -0.3 is 10.5 Å². The Bertz CT molecular complexity index is 888. The maximum Gasteiger partial charge on any atom is 0.354 e. The maximum atomic E-state index is 11.7. The number of esters is 1. The Morgan fingerprint density at radius 1 is 0.786 bits per heavy atom. The second-order valence-corrected chi connectivity index (χ2v) is 7.85. The number of benzene rings is 3. The van der Waals surface area contributed by atoms with Gasteiger partial charge in [0.05, 0.1) is 4.75 Å². The molecule has 0 fully saturated rings. The molecule has 3 aromatic rings. The molecule has 3 nitrogen and oxygen atoms in total. The Kier molecular flexibility index (Phi) is 5.22. The summed E-state index contributed by atoms with van der Waals surface area (Å²) >= 11 is 1.76. The van der Waals surface area contributed by atoms with Crippen molar-refractivity contribution in [2.24, 2.45) is 5.73 Å². The first kappa shape index (κ1) is 18.4. The van der Waals surface area contributed by atoms with Crippen LogP contribution in [0.25, 0.3) is 0 Å². The molecule has 140 valence electrons. The fourth-order valence-electron chi connectivity index (χ4n) is 3.54. The number of hydrogen-bond donors (Lipinski definition) is 1. The third kappa shape index (κ3) is 3.32. The summed E-state index contributed by atoms with van der Waals surface area (Å²) in [5, 5.41) is 0. The van der Waals surface area contributed by atoms with Crippen LogP contribution in [-0.2, 0) is 14.3 Å². The highest BCUT2D eigenvalue weighted by molar-refractivity contribution is 8.00. The van der Waals surface area contributed by atoms with Gasteiger partial charge in [0.1, 0.15) is 12.3 Å². The molecular weight excluding hydrogens is 366 g/mol. The predicted molar refractivity (Wildman–Crippen MR) is 114 cm³/mol. The highest BCUT2D eigenvalue weighted by Gasteiger charge is 2.37. The molecule has 28 heavy (non-hydrogen) atoms. The van der Waals surface area contributed by atoms with Crippen molar-refractivity contribution in [1.82, 2.24) is 0 Å². The number of carbonyl (C=O) groups is 1. The number of carbonyl (C=O) groups excluding carboxylic acids is 1. The lowest BCUT2D eigenvalue weighted by Gasteiger charge is -2.35. The molecule has 0 amide bonds. The monoisotopic (exact) mass is 387 g/mol. The average molecular weight is 388 g/mol. The summed E-state index contributed by atoms with van der Waals surface area (Å²) in [5.41, 5.74) is 10.6. The molecule has 1 aliphatic rings. The second-order valence-electron chi connectivity index (χ2n) is 6.66. The molecule has 1 heterocycles. The lowest BCUT2D eigenvalue weighted by atomic mass is 9.84. The van der Waals surface area contributed by atoms with Crippen LogP contribution in [0.5, 0.6) is 0 Å². The Balaban J connectivity index is 1.87. The van der Waals surface area contributed by atoms with E-state index in [-0.39, 0.29) is 12.3 Å². The van der Waals surface area contributed by atoms with E-state index in [1.54, 1.807) is 11.8 Å². The SMILES string of the molecule is NC1=C(CSC(c2ccccc2)(c2ccccc2)c2ccccc2)COC1=O. The fourth-order valence-corrected chi connectivity index (χ4v) is 5.07. The molecule has 0 radical (unpaired) electrons. The smallest absolute Gasteiger partial charge is 0.354 e. The molecule has 3 aromatic carbocycles. The van der Waals surface area contributed by atoms with E-state index >= 15 is 0 Å². The minimum atomic E-state index is -0.428. The Morgan fingerprint density at radius 2 is 1.21 bits per heavy atom. The molecule has 0 saturated carbocycles. The minimum Gasteiger partial charge on any atom is -0.456 e. The summed E-state index contributed by atoms with van der Waals surface area (Å²) in [4.78, 5) is 11.7. The molecule has 0 saturated heterocycles. The molecule has 4 heteroatoms. The average Bonchev–Trinajstić information content (AvgIpc) is 3.09. The summed E-state index contributed by atoms with van der Waals surface area (Å²) in [7, 11) is 0. The third-order valence-corrected chi connectivity index (χ3v) is 6.62. The van der Waals surface area contributed by atoms with Gasteiger partial charge in [-0.1, -0.05) is 91.0 Å². The van der Waals surface area contributed by atoms with Gasteiger partial charge in [0, 0.05) is 11.3 Å². The van der Waals surface area contributed by atoms with Crippen LogP contribution in [-0.4, -0.2) is 18.3 Å². The molecule has 4 rings (SSSR count). The van der Waals surface area contributed by atoms with E-state index < -0.39 is 10.7 Å². The molecule has 1 aliphatic heterocycles. The number of nitrogens with two attached hydrogens (primary N) is 1. The van der Waals surface area contributed by atoms with Gasteiger partial charge in [-0.05, 0) is 16.7 Å². The van der Waals surface area contributed by atoms with Crippen LogP contribution in [0.15, 0.2) is 102 Å². The number of rotatable bonds is 6. The first-order chi connectivity index (χ1) is 13.7. The van der Waals surface area contributed by atoms with Crippen molar-refractivity contribution < 1.29 is 9.53 Å². The van der Waals surface area contributed by atoms with Crippen LogP contribution in [0.3, 0.4) is 0 Å². The van der Waals surface area contributed by atoms with Gasteiger partial charge in [0.15, 0.2) is 0 Å². The molecule has 0 bridgehead atoms. The van der Waals surface area contributed by atoms with Crippen molar-refractivity contribution in [3.05, 3.63) is 119 Å². The minimum absolute atomic E-state index is 0.246. The molecule has 2 N–H and O–H groups in total. The summed E-state index contributed by atoms with van der Waals surface area (Å²) in [5.74, 6) is 0.191. The summed E-state index contributed by atoms with van der Waals surface area (Å²) in [6.45, 7) is 0.270. The molecule has 0 atom stereocenters. The molecule has 0 unspecified atom stereocenters. The summed E-state index contributed by atoms with van der Waals surface area (Å²) in [6.07, 6.45) is 0. The Morgan fingerprint density at radius 3 is 1.57 bits per heavy atom. The zero-order valence-corrected chi connectivity index (χ0v) is 16.2. The first-order valence-electron chi connectivity index (χ1n) is 9.17. The van der Waals surface area contributed by atoms with Gasteiger partial charge >= 0.3 is 5.97 Å². The van der Waals surface area contributed by atoms with Crippen LogP contribution in [0.2, 0.25) is 0 Å². The topological polar surface area (TPSA) is 52.3 Å². The van der Waals surface area contributed by atoms with Gasteiger partial charge in [0.25, 0.3) is 0 Å². The highest BCUT2D eigenvalue weighted by Crippen LogP contribution is 2.49. The molecule has 0 aromatic heterocycles. The van der Waals surface area contributed by atoms with Gasteiger partial charge in [-0.15, -0.1) is 11.8 Å². The molecular formula is C24H21NO2S. The molecule has 0 spiro atoms.